The number of nitrogens with two attached hydrogens (primary N) is 1. The van der Waals surface area contributed by atoms with Crippen molar-refractivity contribution in [2.24, 2.45) is 5.73 Å². The summed E-state index contributed by atoms with van der Waals surface area (Å²) in [7, 11) is 1.55. The highest BCUT2D eigenvalue weighted by atomic mass is 16.5. The topological polar surface area (TPSA) is 77.2 Å². The number of pyridine rings is 1. The molecule has 0 atom stereocenters. The van der Waals surface area contributed by atoms with Crippen LogP contribution in [-0.4, -0.2) is 24.5 Å². The minimum atomic E-state index is -0.180. The summed E-state index contributed by atoms with van der Waals surface area (Å²) in [4.78, 5) is 14.8. The third kappa shape index (κ3) is 3.02. The van der Waals surface area contributed by atoms with Crippen LogP contribution in [0.25, 0.3) is 0 Å². The Bertz CT molecular complexity index is 315. The Kier molecular flexibility index (Phi) is 3.87. The molecule has 1 amide bonds. The van der Waals surface area contributed by atoms with Crippen LogP contribution >= 0.6 is 0 Å². The van der Waals surface area contributed by atoms with Crippen molar-refractivity contribution in [1.29, 1.82) is 0 Å². The van der Waals surface area contributed by atoms with E-state index in [-0.39, 0.29) is 12.5 Å². The van der Waals surface area contributed by atoms with Gasteiger partial charge in [-0.25, -0.2) is 4.98 Å². The van der Waals surface area contributed by atoms with Crippen LogP contribution < -0.4 is 15.8 Å². The summed E-state index contributed by atoms with van der Waals surface area (Å²) in [5.74, 6) is 0.352. The van der Waals surface area contributed by atoms with Crippen molar-refractivity contribution < 1.29 is 9.53 Å². The zero-order valence-corrected chi connectivity index (χ0v) is 7.99. The molecule has 0 aliphatic heterocycles. The Labute approximate surface area is 82.3 Å². The van der Waals surface area contributed by atoms with Crippen LogP contribution in [0.3, 0.4) is 0 Å². The molecule has 0 radical (unpaired) electrons. The lowest BCUT2D eigenvalue weighted by Gasteiger charge is -2.04. The molecule has 5 heteroatoms. The fraction of sp³-hybridized carbons (Fsp3) is 0.333. The van der Waals surface area contributed by atoms with E-state index in [4.69, 9.17) is 10.5 Å². The van der Waals surface area contributed by atoms with Gasteiger partial charge in [-0.15, -0.1) is 0 Å². The van der Waals surface area contributed by atoms with E-state index in [0.717, 1.165) is 5.56 Å². The SMILES string of the molecule is COc1cc(CNC(=O)CN)ccn1. The van der Waals surface area contributed by atoms with Crippen molar-refractivity contribution >= 4 is 5.91 Å². The van der Waals surface area contributed by atoms with E-state index in [0.29, 0.717) is 12.4 Å². The first-order chi connectivity index (χ1) is 6.76. The van der Waals surface area contributed by atoms with Crippen molar-refractivity contribution in [3.8, 4) is 5.88 Å². The lowest BCUT2D eigenvalue weighted by atomic mass is 10.2. The van der Waals surface area contributed by atoms with Gasteiger partial charge >= 0.3 is 0 Å². The second kappa shape index (κ2) is 5.18. The second-order valence-electron chi connectivity index (χ2n) is 2.69. The monoisotopic (exact) mass is 195 g/mol. The predicted octanol–water partition coefficient (Wildman–Crippen LogP) is -0.335. The molecule has 0 saturated carbocycles. The van der Waals surface area contributed by atoms with Gasteiger partial charge in [0.15, 0.2) is 0 Å². The fourth-order valence-corrected chi connectivity index (χ4v) is 0.945. The highest BCUT2D eigenvalue weighted by Gasteiger charge is 1.99. The number of rotatable bonds is 4. The van der Waals surface area contributed by atoms with Gasteiger partial charge in [-0.1, -0.05) is 0 Å². The number of ether oxygens (including phenoxy) is 1. The smallest absolute Gasteiger partial charge is 0.234 e. The lowest BCUT2D eigenvalue weighted by molar-refractivity contribution is -0.119. The lowest BCUT2D eigenvalue weighted by Crippen LogP contribution is -2.29. The van der Waals surface area contributed by atoms with E-state index >= 15 is 0 Å². The molecule has 0 aliphatic rings. The van der Waals surface area contributed by atoms with Crippen molar-refractivity contribution in [1.82, 2.24) is 10.3 Å². The van der Waals surface area contributed by atoms with E-state index in [1.54, 1.807) is 25.4 Å². The molecule has 0 spiro atoms. The minimum absolute atomic E-state index is 0.00220. The summed E-state index contributed by atoms with van der Waals surface area (Å²) in [5.41, 5.74) is 6.07. The van der Waals surface area contributed by atoms with Gasteiger partial charge in [-0.3, -0.25) is 4.79 Å². The maximum Gasteiger partial charge on any atom is 0.234 e. The number of hydrogen-bond acceptors (Lipinski definition) is 4. The van der Waals surface area contributed by atoms with E-state index in [9.17, 15) is 4.79 Å². The molecule has 1 heterocycles. The van der Waals surface area contributed by atoms with Crippen LogP contribution in [0, 0.1) is 0 Å². The number of amides is 1. The Morgan fingerprint density at radius 2 is 2.50 bits per heavy atom. The Morgan fingerprint density at radius 1 is 1.71 bits per heavy atom. The molecule has 76 valence electrons. The van der Waals surface area contributed by atoms with E-state index in [2.05, 4.69) is 10.3 Å². The normalized spacial score (nSPS) is 9.57. The van der Waals surface area contributed by atoms with Gasteiger partial charge in [0.1, 0.15) is 0 Å². The molecule has 0 bridgehead atoms. The highest BCUT2D eigenvalue weighted by molar-refractivity contribution is 5.77. The summed E-state index contributed by atoms with van der Waals surface area (Å²) in [5, 5.41) is 2.65. The number of carbonyl (C=O) groups excluding carboxylic acids is 1. The zero-order chi connectivity index (χ0) is 10.4. The predicted molar refractivity (Wildman–Crippen MR) is 51.7 cm³/mol. The molecular weight excluding hydrogens is 182 g/mol. The van der Waals surface area contributed by atoms with Gasteiger partial charge in [-0.05, 0) is 11.6 Å². The molecule has 1 aromatic rings. The number of aromatic nitrogens is 1. The maximum absolute atomic E-state index is 10.9. The summed E-state index contributed by atoms with van der Waals surface area (Å²) in [6.45, 7) is 0.442. The summed E-state index contributed by atoms with van der Waals surface area (Å²) in [6.07, 6.45) is 1.63. The van der Waals surface area contributed by atoms with Crippen molar-refractivity contribution in [2.75, 3.05) is 13.7 Å². The standard InChI is InChI=1S/C9H13N3O2/c1-14-9-4-7(2-3-11-9)6-12-8(13)5-10/h2-4H,5-6,10H2,1H3,(H,12,13). The van der Waals surface area contributed by atoms with Crippen LogP contribution in [0.2, 0.25) is 0 Å². The number of methoxy groups -OCH3 is 1. The van der Waals surface area contributed by atoms with Gasteiger partial charge in [0.2, 0.25) is 11.8 Å². The molecule has 3 N–H and O–H groups in total. The summed E-state index contributed by atoms with van der Waals surface area (Å²) in [6, 6.07) is 3.57. The number of nitrogens with zero attached hydrogens (tertiary/aromatic N) is 1. The quantitative estimate of drug-likeness (QED) is 0.689. The second-order valence-corrected chi connectivity index (χ2v) is 2.69. The zero-order valence-electron chi connectivity index (χ0n) is 7.99. The van der Waals surface area contributed by atoms with Gasteiger partial charge in [0.05, 0.1) is 13.7 Å². The highest BCUT2D eigenvalue weighted by Crippen LogP contribution is 2.07. The van der Waals surface area contributed by atoms with Gasteiger partial charge in [0.25, 0.3) is 0 Å². The first-order valence-electron chi connectivity index (χ1n) is 4.22. The molecule has 0 aliphatic carbocycles. The average Bonchev–Trinajstić information content (AvgIpc) is 2.26. The average molecular weight is 195 g/mol. The van der Waals surface area contributed by atoms with Crippen LogP contribution in [0.5, 0.6) is 5.88 Å². The van der Waals surface area contributed by atoms with Crippen LogP contribution in [0.15, 0.2) is 18.3 Å². The third-order valence-corrected chi connectivity index (χ3v) is 1.68. The molecule has 0 saturated heterocycles. The number of nitrogens with one attached hydrogen (secondary N) is 1. The first kappa shape index (κ1) is 10.5. The largest absolute Gasteiger partial charge is 0.481 e. The van der Waals surface area contributed by atoms with Crippen molar-refractivity contribution in [3.63, 3.8) is 0 Å². The van der Waals surface area contributed by atoms with Gasteiger partial charge in [0, 0.05) is 18.8 Å². The number of carbonyl (C=O) groups is 1. The van der Waals surface area contributed by atoms with Gasteiger partial charge in [-0.2, -0.15) is 0 Å². The van der Waals surface area contributed by atoms with E-state index in [1.165, 1.54) is 0 Å². The van der Waals surface area contributed by atoms with Crippen LogP contribution in [-0.2, 0) is 11.3 Å². The van der Waals surface area contributed by atoms with E-state index in [1.807, 2.05) is 0 Å². The molecule has 0 unspecified atom stereocenters. The molecule has 14 heavy (non-hydrogen) atoms. The minimum Gasteiger partial charge on any atom is -0.481 e. The van der Waals surface area contributed by atoms with Crippen molar-refractivity contribution in [3.05, 3.63) is 23.9 Å². The Morgan fingerprint density at radius 3 is 3.14 bits per heavy atom. The molecule has 1 aromatic heterocycles. The molecule has 0 aromatic carbocycles. The Hall–Kier alpha value is -1.62. The van der Waals surface area contributed by atoms with Crippen LogP contribution in [0.4, 0.5) is 0 Å². The van der Waals surface area contributed by atoms with E-state index < -0.39 is 0 Å². The third-order valence-electron chi connectivity index (χ3n) is 1.68. The summed E-state index contributed by atoms with van der Waals surface area (Å²) >= 11 is 0. The van der Waals surface area contributed by atoms with Crippen LogP contribution in [0.1, 0.15) is 5.56 Å². The van der Waals surface area contributed by atoms with Gasteiger partial charge < -0.3 is 15.8 Å². The van der Waals surface area contributed by atoms with Crippen molar-refractivity contribution in [2.45, 2.75) is 6.54 Å². The summed E-state index contributed by atoms with van der Waals surface area (Å²) < 4.78 is 4.94. The molecular formula is C9H13N3O2. The maximum atomic E-state index is 10.9. The first-order valence-corrected chi connectivity index (χ1v) is 4.22. The number of hydrogen-bond donors (Lipinski definition) is 2. The molecule has 5 nitrogen and oxygen atoms in total. The molecule has 1 rings (SSSR count). The fourth-order valence-electron chi connectivity index (χ4n) is 0.945. The Balaban J connectivity index is 2.54. The molecule has 0 fully saturated rings.